The van der Waals surface area contributed by atoms with E-state index in [-0.39, 0.29) is 32.3 Å². The van der Waals surface area contributed by atoms with Gasteiger partial charge < -0.3 is 0 Å². The number of benzene rings is 6. The molecule has 8 aromatic rings. The van der Waals surface area contributed by atoms with Crippen LogP contribution in [0.1, 0.15) is 22.3 Å². The summed E-state index contributed by atoms with van der Waals surface area (Å²) >= 11 is 0. The van der Waals surface area contributed by atoms with Crippen molar-refractivity contribution < 1.29 is 61.1 Å². The molecule has 0 saturated carbocycles. The van der Waals surface area contributed by atoms with Crippen molar-refractivity contribution >= 4 is 75.4 Å². The Balaban J connectivity index is 0.980. The number of nitrogens with zero attached hydrogens (tertiary/aromatic N) is 8. The fraction of sp³-hybridized carbons (Fsp3) is 0.0500. The lowest BCUT2D eigenvalue weighted by Gasteiger charge is -2.06. The number of rotatable bonds is 14. The average molecular weight is 977 g/mol. The minimum atomic E-state index is -4.86. The van der Waals surface area contributed by atoms with Gasteiger partial charge in [-0.25, -0.2) is 9.26 Å². The minimum Gasteiger partial charge on any atom is -0.282 e. The highest BCUT2D eigenvalue weighted by Gasteiger charge is 2.24. The van der Waals surface area contributed by atoms with Gasteiger partial charge in [0.05, 0.1) is 32.5 Å². The molecular weight excluding hydrogens is 945 g/mol. The van der Waals surface area contributed by atoms with E-state index in [4.69, 9.17) is 18.4 Å². The summed E-state index contributed by atoms with van der Waals surface area (Å²) in [4.78, 5) is 3.47. The predicted octanol–water partition coefficient (Wildman–Crippen LogP) is 8.64. The van der Waals surface area contributed by atoms with E-state index in [0.717, 1.165) is 12.1 Å². The number of aryl methyl sites for hydroxylation is 2. The standard InChI is InChI=1S/C40H32N8O14S4/c1-25-21-31(13-19-37(25)43-41-29-7-15-35(16-8-29)63(49,50)51)45-47(61-45)33-11-5-27(39(23-33)65(55,56)57)3-4-28-6-12-34(24-40(28)66(58,59)60)48-46(62-48)32-14-20-38(26(2)22-32)44-42-30-9-17-36(18-10-30)64(52,53)54/h3-24H,1-2H3,(H,49,50,51)(H,52,53,54)(H,55,56,57)(H,58,59,60)/b4-3+,43-41?,44-42?. The first-order chi connectivity index (χ1) is 31.0. The van der Waals surface area contributed by atoms with Crippen molar-refractivity contribution in [2.24, 2.45) is 20.5 Å². The van der Waals surface area contributed by atoms with E-state index in [1.54, 1.807) is 50.2 Å². The van der Waals surface area contributed by atoms with Gasteiger partial charge in [-0.05, 0) is 145 Å². The number of azo groups is 2. The molecule has 0 saturated heterocycles. The largest absolute Gasteiger partial charge is 0.295 e. The summed E-state index contributed by atoms with van der Waals surface area (Å²) in [7, 11) is -18.4. The molecule has 0 fully saturated rings. The summed E-state index contributed by atoms with van der Waals surface area (Å²) in [5.41, 5.74) is 4.27. The van der Waals surface area contributed by atoms with Gasteiger partial charge in [-0.1, -0.05) is 43.7 Å². The third kappa shape index (κ3) is 10.1. The van der Waals surface area contributed by atoms with E-state index in [0.29, 0.717) is 45.3 Å². The van der Waals surface area contributed by atoms with Gasteiger partial charge in [0.25, 0.3) is 40.5 Å². The molecular formula is C40H32N8O14S4. The van der Waals surface area contributed by atoms with Crippen LogP contribution in [0.2, 0.25) is 0 Å². The van der Waals surface area contributed by atoms with Crippen molar-refractivity contribution in [3.05, 3.63) is 144 Å². The Hall–Kier alpha value is -7.30. The van der Waals surface area contributed by atoms with Crippen molar-refractivity contribution in [2.75, 3.05) is 0 Å². The average Bonchev–Trinajstić information content (AvgIpc) is 4.20. The second-order valence-electron chi connectivity index (χ2n) is 14.3. The van der Waals surface area contributed by atoms with Crippen LogP contribution in [0.25, 0.3) is 34.9 Å². The van der Waals surface area contributed by atoms with E-state index >= 15 is 0 Å². The number of hydrogen-bond donors (Lipinski definition) is 4. The molecule has 2 heterocycles. The van der Waals surface area contributed by atoms with Crippen LogP contribution < -0.4 is 0 Å². The Morgan fingerprint density at radius 3 is 1.03 bits per heavy atom. The molecule has 26 heteroatoms. The van der Waals surface area contributed by atoms with Gasteiger partial charge in [-0.15, -0.1) is 0 Å². The van der Waals surface area contributed by atoms with Gasteiger partial charge >= 0.3 is 0 Å². The van der Waals surface area contributed by atoms with Gasteiger partial charge in [-0.2, -0.15) is 54.1 Å². The Kier molecular flexibility index (Phi) is 11.6. The lowest BCUT2D eigenvalue weighted by molar-refractivity contribution is 0.473. The molecule has 0 aliphatic heterocycles. The molecule has 22 nitrogen and oxygen atoms in total. The maximum absolute atomic E-state index is 12.6. The van der Waals surface area contributed by atoms with E-state index in [1.165, 1.54) is 104 Å². The maximum Gasteiger partial charge on any atom is 0.295 e. The Morgan fingerprint density at radius 2 is 0.727 bits per heavy atom. The van der Waals surface area contributed by atoms with Crippen molar-refractivity contribution in [3.63, 3.8) is 0 Å². The van der Waals surface area contributed by atoms with Crippen LogP contribution in [-0.4, -0.2) is 71.3 Å². The Bertz CT molecular complexity index is 3480. The SMILES string of the molecule is Cc1cc(-n2on2-c2ccc(/C=C/c3ccc(-n4on4-c4ccc(N=Nc5ccc(S(=O)(=O)O)cc5)c(C)c4)cc3S(=O)(=O)O)c(S(=O)(=O)O)c2)ccc1N=Nc1ccc(S(=O)(=O)O)cc1. The summed E-state index contributed by atoms with van der Waals surface area (Å²) in [5, 5.41) is 16.6. The first-order valence-electron chi connectivity index (χ1n) is 18.7. The molecule has 2 aromatic heterocycles. The smallest absolute Gasteiger partial charge is 0.282 e. The third-order valence-corrected chi connectivity index (χ3v) is 13.2. The number of aromatic nitrogens is 4. The van der Waals surface area contributed by atoms with Gasteiger partial charge in [0.15, 0.2) is 0 Å². The zero-order chi connectivity index (χ0) is 47.3. The fourth-order valence-corrected chi connectivity index (χ4v) is 8.61. The van der Waals surface area contributed by atoms with Crippen LogP contribution in [-0.2, 0) is 40.5 Å². The van der Waals surface area contributed by atoms with Crippen LogP contribution in [0.3, 0.4) is 0 Å². The molecule has 8 rings (SSSR count). The zero-order valence-electron chi connectivity index (χ0n) is 33.8. The summed E-state index contributed by atoms with van der Waals surface area (Å²) < 4.78 is 145. The second kappa shape index (κ2) is 16.9. The number of hydrogen-bond acceptors (Lipinski definition) is 14. The van der Waals surface area contributed by atoms with Gasteiger partial charge in [0.1, 0.15) is 32.5 Å². The van der Waals surface area contributed by atoms with E-state index < -0.39 is 50.3 Å². The fourth-order valence-electron chi connectivity index (χ4n) is 6.24. The summed E-state index contributed by atoms with van der Waals surface area (Å²) in [5.74, 6) is 0. The molecule has 0 atom stereocenters. The molecule has 0 amide bonds. The van der Waals surface area contributed by atoms with Crippen LogP contribution >= 0.6 is 0 Å². The second-order valence-corrected chi connectivity index (χ2v) is 19.9. The first kappa shape index (κ1) is 45.3. The zero-order valence-corrected chi connectivity index (χ0v) is 37.0. The van der Waals surface area contributed by atoms with E-state index in [9.17, 15) is 42.8 Å². The maximum atomic E-state index is 12.6. The molecule has 0 bridgehead atoms. The molecule has 340 valence electrons. The molecule has 0 aliphatic rings. The highest BCUT2D eigenvalue weighted by Crippen LogP contribution is 2.32. The Morgan fingerprint density at radius 1 is 0.409 bits per heavy atom. The molecule has 6 aromatic carbocycles. The lowest BCUT2D eigenvalue weighted by atomic mass is 10.1. The highest BCUT2D eigenvalue weighted by atomic mass is 32.2. The van der Waals surface area contributed by atoms with Gasteiger partial charge in [-0.3, -0.25) is 18.2 Å². The van der Waals surface area contributed by atoms with Crippen LogP contribution in [0.15, 0.2) is 171 Å². The van der Waals surface area contributed by atoms with E-state index in [1.807, 2.05) is 0 Å². The molecule has 66 heavy (non-hydrogen) atoms. The minimum absolute atomic E-state index is 0.0351. The predicted molar refractivity (Wildman–Crippen MR) is 234 cm³/mol. The summed E-state index contributed by atoms with van der Waals surface area (Å²) in [6, 6.07) is 28.2. The Labute approximate surface area is 374 Å². The quantitative estimate of drug-likeness (QED) is 0.0450. The van der Waals surface area contributed by atoms with Crippen molar-refractivity contribution in [1.29, 1.82) is 0 Å². The highest BCUT2D eigenvalue weighted by molar-refractivity contribution is 7.86. The molecule has 4 N–H and O–H groups in total. The van der Waals surface area contributed by atoms with Crippen LogP contribution in [0, 0.1) is 13.8 Å². The van der Waals surface area contributed by atoms with Crippen molar-refractivity contribution in [2.45, 2.75) is 33.4 Å². The summed E-state index contributed by atoms with van der Waals surface area (Å²) in [6.07, 6.45) is 2.49. The van der Waals surface area contributed by atoms with Crippen molar-refractivity contribution in [1.82, 2.24) is 19.4 Å². The summed E-state index contributed by atoms with van der Waals surface area (Å²) in [6.45, 7) is 3.50. The molecule has 0 unspecified atom stereocenters. The normalized spacial score (nSPS) is 13.0. The van der Waals surface area contributed by atoms with E-state index in [2.05, 4.69) is 20.5 Å². The third-order valence-electron chi connectivity index (χ3n) is 9.64. The first-order valence-corrected chi connectivity index (χ1v) is 24.5. The molecule has 0 radical (unpaired) electrons. The lowest BCUT2D eigenvalue weighted by Crippen LogP contribution is -2.04. The van der Waals surface area contributed by atoms with Crippen molar-refractivity contribution in [3.8, 4) is 22.7 Å². The van der Waals surface area contributed by atoms with Crippen LogP contribution in [0.5, 0.6) is 0 Å². The molecule has 0 spiro atoms. The molecule has 0 aliphatic carbocycles. The van der Waals surface area contributed by atoms with Gasteiger partial charge in [0.2, 0.25) is 0 Å². The topological polar surface area (TPSA) is 313 Å². The monoisotopic (exact) mass is 976 g/mol. The van der Waals surface area contributed by atoms with Gasteiger partial charge in [0, 0.05) is 0 Å². The van der Waals surface area contributed by atoms with Crippen LogP contribution in [0.4, 0.5) is 22.7 Å².